The van der Waals surface area contributed by atoms with E-state index >= 15 is 0 Å². The van der Waals surface area contributed by atoms with Crippen molar-refractivity contribution >= 4 is 6.03 Å². The number of ether oxygens (including phenoxy) is 1. The fourth-order valence-corrected chi connectivity index (χ4v) is 1.83. The summed E-state index contributed by atoms with van der Waals surface area (Å²) < 4.78 is 5.32. The summed E-state index contributed by atoms with van der Waals surface area (Å²) in [6, 6.07) is 8.03. The van der Waals surface area contributed by atoms with Crippen LogP contribution in [0.25, 0.3) is 0 Å². The van der Waals surface area contributed by atoms with E-state index in [1.165, 1.54) is 0 Å². The largest absolute Gasteiger partial charge is 0.496 e. The second kappa shape index (κ2) is 6.28. The van der Waals surface area contributed by atoms with Crippen molar-refractivity contribution < 1.29 is 9.53 Å². The first-order valence-electron chi connectivity index (χ1n) is 6.03. The lowest BCUT2D eigenvalue weighted by molar-refractivity contribution is 0.167. The standard InChI is InChI=1S/C14H22N2O2/c1-11(16(4)14(17)15(2)3)10-12-8-6-7-9-13(12)18-5/h6-9,11H,10H2,1-5H3. The van der Waals surface area contributed by atoms with Gasteiger partial charge in [-0.15, -0.1) is 0 Å². The van der Waals surface area contributed by atoms with Gasteiger partial charge in [-0.1, -0.05) is 18.2 Å². The van der Waals surface area contributed by atoms with E-state index in [-0.39, 0.29) is 12.1 Å². The van der Waals surface area contributed by atoms with Crippen molar-refractivity contribution in [2.45, 2.75) is 19.4 Å². The van der Waals surface area contributed by atoms with Crippen LogP contribution in [0.4, 0.5) is 4.79 Å². The van der Waals surface area contributed by atoms with Gasteiger partial charge in [0.2, 0.25) is 0 Å². The number of carbonyl (C=O) groups is 1. The van der Waals surface area contributed by atoms with Crippen molar-refractivity contribution in [3.63, 3.8) is 0 Å². The SMILES string of the molecule is COc1ccccc1CC(C)N(C)C(=O)N(C)C. The van der Waals surface area contributed by atoms with Crippen LogP contribution in [0.1, 0.15) is 12.5 Å². The summed E-state index contributed by atoms with van der Waals surface area (Å²) >= 11 is 0. The molecule has 0 saturated carbocycles. The molecule has 18 heavy (non-hydrogen) atoms. The van der Waals surface area contributed by atoms with Crippen LogP contribution >= 0.6 is 0 Å². The first kappa shape index (κ1) is 14.4. The molecule has 1 unspecified atom stereocenters. The zero-order chi connectivity index (χ0) is 13.7. The van der Waals surface area contributed by atoms with Gasteiger partial charge in [-0.25, -0.2) is 4.79 Å². The van der Waals surface area contributed by atoms with Gasteiger partial charge in [0, 0.05) is 27.2 Å². The second-order valence-electron chi connectivity index (χ2n) is 4.65. The van der Waals surface area contributed by atoms with Gasteiger partial charge < -0.3 is 14.5 Å². The van der Waals surface area contributed by atoms with Gasteiger partial charge >= 0.3 is 6.03 Å². The summed E-state index contributed by atoms with van der Waals surface area (Å²) in [5.41, 5.74) is 1.12. The van der Waals surface area contributed by atoms with Crippen LogP contribution < -0.4 is 4.74 Å². The van der Waals surface area contributed by atoms with Crippen molar-refractivity contribution in [3.8, 4) is 5.75 Å². The molecule has 0 aromatic heterocycles. The number of para-hydroxylation sites is 1. The Morgan fingerprint density at radius 3 is 2.44 bits per heavy atom. The first-order chi connectivity index (χ1) is 8.47. The van der Waals surface area contributed by atoms with Gasteiger partial charge in [-0.05, 0) is 25.0 Å². The van der Waals surface area contributed by atoms with Crippen LogP contribution in [0.15, 0.2) is 24.3 Å². The van der Waals surface area contributed by atoms with Crippen LogP contribution in [0, 0.1) is 0 Å². The first-order valence-corrected chi connectivity index (χ1v) is 6.03. The fraction of sp³-hybridized carbons (Fsp3) is 0.500. The molecular formula is C14H22N2O2. The third-order valence-electron chi connectivity index (χ3n) is 3.05. The summed E-state index contributed by atoms with van der Waals surface area (Å²) in [6.45, 7) is 2.04. The topological polar surface area (TPSA) is 32.8 Å². The molecule has 0 aliphatic heterocycles. The van der Waals surface area contributed by atoms with Crippen LogP contribution in [0.3, 0.4) is 0 Å². The third-order valence-corrected chi connectivity index (χ3v) is 3.05. The number of likely N-dealkylation sites (N-methyl/N-ethyl adjacent to an activating group) is 1. The lowest BCUT2D eigenvalue weighted by Crippen LogP contribution is -2.42. The molecule has 0 fully saturated rings. The molecule has 4 nitrogen and oxygen atoms in total. The van der Waals surface area contributed by atoms with Crippen LogP contribution in [-0.4, -0.2) is 50.1 Å². The molecule has 0 N–H and O–H groups in total. The van der Waals surface area contributed by atoms with Crippen LogP contribution in [-0.2, 0) is 6.42 Å². The maximum absolute atomic E-state index is 11.8. The van der Waals surface area contributed by atoms with E-state index in [9.17, 15) is 4.79 Å². The Balaban J connectivity index is 2.75. The zero-order valence-corrected chi connectivity index (χ0v) is 11.8. The number of amides is 2. The predicted molar refractivity (Wildman–Crippen MR) is 73.0 cm³/mol. The average Bonchev–Trinajstić information content (AvgIpc) is 2.37. The number of carbonyl (C=O) groups excluding carboxylic acids is 1. The highest BCUT2D eigenvalue weighted by atomic mass is 16.5. The Hall–Kier alpha value is -1.71. The monoisotopic (exact) mass is 250 g/mol. The number of hydrogen-bond donors (Lipinski definition) is 0. The normalized spacial score (nSPS) is 11.8. The highest BCUT2D eigenvalue weighted by Gasteiger charge is 2.18. The van der Waals surface area contributed by atoms with Gasteiger partial charge in [0.15, 0.2) is 0 Å². The van der Waals surface area contributed by atoms with Crippen molar-refractivity contribution in [2.75, 3.05) is 28.3 Å². The molecule has 0 saturated heterocycles. The van der Waals surface area contributed by atoms with Crippen molar-refractivity contribution in [2.24, 2.45) is 0 Å². The molecule has 1 aromatic rings. The number of hydrogen-bond acceptors (Lipinski definition) is 2. The molecule has 0 spiro atoms. The molecule has 0 heterocycles. The van der Waals surface area contributed by atoms with Crippen molar-refractivity contribution in [3.05, 3.63) is 29.8 Å². The van der Waals surface area contributed by atoms with Gasteiger partial charge in [0.1, 0.15) is 5.75 Å². The molecule has 1 atom stereocenters. The van der Waals surface area contributed by atoms with E-state index in [4.69, 9.17) is 4.74 Å². The number of urea groups is 1. The summed E-state index contributed by atoms with van der Waals surface area (Å²) in [6.07, 6.45) is 0.778. The molecule has 2 amide bonds. The van der Waals surface area contributed by atoms with E-state index in [0.717, 1.165) is 17.7 Å². The lowest BCUT2D eigenvalue weighted by Gasteiger charge is -2.28. The minimum atomic E-state index is 0.0115. The summed E-state index contributed by atoms with van der Waals surface area (Å²) in [7, 11) is 7.00. The van der Waals surface area contributed by atoms with Crippen molar-refractivity contribution in [1.82, 2.24) is 9.80 Å². The van der Waals surface area contributed by atoms with Crippen LogP contribution in [0.2, 0.25) is 0 Å². The summed E-state index contributed by atoms with van der Waals surface area (Å²) in [4.78, 5) is 15.2. The minimum Gasteiger partial charge on any atom is -0.496 e. The van der Waals surface area contributed by atoms with E-state index in [2.05, 4.69) is 0 Å². The average molecular weight is 250 g/mol. The maximum atomic E-state index is 11.8. The number of benzene rings is 1. The van der Waals surface area contributed by atoms with Crippen LogP contribution in [0.5, 0.6) is 5.75 Å². The number of methoxy groups -OCH3 is 1. The molecule has 1 aromatic carbocycles. The summed E-state index contributed by atoms with van der Waals surface area (Å²) in [5.74, 6) is 0.870. The Kier molecular flexibility index (Phi) is 5.01. The van der Waals surface area contributed by atoms with Gasteiger partial charge in [0.25, 0.3) is 0 Å². The number of rotatable bonds is 4. The van der Waals surface area contributed by atoms with Gasteiger partial charge in [0.05, 0.1) is 7.11 Å². The Bertz CT molecular complexity index is 405. The molecule has 1 rings (SSSR count). The summed E-state index contributed by atoms with van der Waals surface area (Å²) in [5, 5.41) is 0. The minimum absolute atomic E-state index is 0.0115. The van der Waals surface area contributed by atoms with E-state index < -0.39 is 0 Å². The Morgan fingerprint density at radius 2 is 1.89 bits per heavy atom. The smallest absolute Gasteiger partial charge is 0.319 e. The van der Waals surface area contributed by atoms with Crippen molar-refractivity contribution in [1.29, 1.82) is 0 Å². The predicted octanol–water partition coefficient (Wildman–Crippen LogP) is 2.24. The molecule has 0 radical (unpaired) electrons. The molecule has 0 aliphatic rings. The Labute approximate surface area is 109 Å². The van der Waals surface area contributed by atoms with E-state index in [1.54, 1.807) is 31.0 Å². The highest BCUT2D eigenvalue weighted by Crippen LogP contribution is 2.20. The Morgan fingerprint density at radius 1 is 1.28 bits per heavy atom. The quantitative estimate of drug-likeness (QED) is 0.821. The van der Waals surface area contributed by atoms with Gasteiger partial charge in [-0.2, -0.15) is 0 Å². The molecular weight excluding hydrogens is 228 g/mol. The lowest BCUT2D eigenvalue weighted by atomic mass is 10.1. The van der Waals surface area contributed by atoms with E-state index in [0.29, 0.717) is 0 Å². The zero-order valence-electron chi connectivity index (χ0n) is 11.8. The maximum Gasteiger partial charge on any atom is 0.319 e. The third kappa shape index (κ3) is 3.39. The highest BCUT2D eigenvalue weighted by molar-refractivity contribution is 5.73. The molecule has 100 valence electrons. The van der Waals surface area contributed by atoms with E-state index in [1.807, 2.05) is 38.2 Å². The van der Waals surface area contributed by atoms with Gasteiger partial charge in [-0.3, -0.25) is 0 Å². The molecule has 0 bridgehead atoms. The fourth-order valence-electron chi connectivity index (χ4n) is 1.83. The number of nitrogens with zero attached hydrogens (tertiary/aromatic N) is 2. The molecule has 0 aliphatic carbocycles. The second-order valence-corrected chi connectivity index (χ2v) is 4.65. The molecule has 4 heteroatoms.